The molecule has 258 valence electrons. The lowest BCUT2D eigenvalue weighted by molar-refractivity contribution is -0.135. The summed E-state index contributed by atoms with van der Waals surface area (Å²) in [6, 6.07) is 18.2. The van der Waals surface area contributed by atoms with Crippen molar-refractivity contribution in [3.05, 3.63) is 95.2 Å². The number of carbonyl (C=O) groups excluding carboxylic acids is 3. The molecule has 0 unspecified atom stereocenters. The average Bonchev–Trinajstić information content (AvgIpc) is 3.78. The molecule has 2 aliphatic rings. The molecule has 1 saturated carbocycles. The number of sulfonamides is 1. The van der Waals surface area contributed by atoms with Crippen LogP contribution in [0.3, 0.4) is 0 Å². The number of hydrogen-bond acceptors (Lipinski definition) is 7. The average molecular weight is 687 g/mol. The molecular formula is C37H42N4O7S. The Morgan fingerprint density at radius 2 is 1.61 bits per heavy atom. The van der Waals surface area contributed by atoms with Crippen LogP contribution in [0.1, 0.15) is 63.9 Å². The standard InChI is InChI=1S/C37H42N4O7S/c1-47-34-22-28(37(44)39-49(45,46)31-9-3-2-4-10-31)11-12-30(34)25-41-24-29(14-16-35(42)40-17-19-48-20-18-40)32-15-13-27(21-33(32)41)36(43)38-23-26-7-5-6-8-26/h2-4,9-13,15,21-22,24,26H,5-8,14,16-20,23,25H2,1H3,(H,38,43)(H,39,44). The SMILES string of the molecule is COc1cc(C(=O)NS(=O)(=O)c2ccccc2)ccc1Cn1cc(CCC(=O)N2CCOCC2)c2ccc(C(=O)NCC3CCCC3)cc21. The van der Waals surface area contributed by atoms with Crippen LogP contribution < -0.4 is 14.8 Å². The van der Waals surface area contributed by atoms with Crippen LogP contribution >= 0.6 is 0 Å². The van der Waals surface area contributed by atoms with Gasteiger partial charge < -0.3 is 24.3 Å². The fourth-order valence-electron chi connectivity index (χ4n) is 6.64. The molecule has 0 bridgehead atoms. The number of fused-ring (bicyclic) bond motifs is 1. The monoisotopic (exact) mass is 686 g/mol. The van der Waals surface area contributed by atoms with Gasteiger partial charge in [-0.2, -0.15) is 0 Å². The molecular weight excluding hydrogens is 644 g/mol. The molecule has 1 saturated heterocycles. The summed E-state index contributed by atoms with van der Waals surface area (Å²) in [5.74, 6) is 0.103. The number of benzene rings is 3. The molecule has 1 aliphatic heterocycles. The minimum Gasteiger partial charge on any atom is -0.496 e. The normalized spacial score (nSPS) is 15.3. The zero-order valence-electron chi connectivity index (χ0n) is 27.7. The van der Waals surface area contributed by atoms with Crippen molar-refractivity contribution in [2.24, 2.45) is 5.92 Å². The van der Waals surface area contributed by atoms with Gasteiger partial charge in [-0.15, -0.1) is 0 Å². The Kier molecular flexibility index (Phi) is 10.6. The highest BCUT2D eigenvalue weighted by Gasteiger charge is 2.22. The van der Waals surface area contributed by atoms with E-state index in [1.165, 1.54) is 38.2 Å². The lowest BCUT2D eigenvalue weighted by Gasteiger charge is -2.26. The molecule has 49 heavy (non-hydrogen) atoms. The van der Waals surface area contributed by atoms with Crippen LogP contribution in [-0.4, -0.2) is 75.6 Å². The fraction of sp³-hybridized carbons (Fsp3) is 0.378. The van der Waals surface area contributed by atoms with E-state index in [1.54, 1.807) is 30.3 Å². The number of amides is 3. The minimum absolute atomic E-state index is 0.0135. The predicted octanol–water partition coefficient (Wildman–Crippen LogP) is 4.53. The van der Waals surface area contributed by atoms with E-state index in [9.17, 15) is 22.8 Å². The Bertz CT molecular complexity index is 1930. The molecule has 0 atom stereocenters. The van der Waals surface area contributed by atoms with Crippen molar-refractivity contribution in [1.29, 1.82) is 0 Å². The number of nitrogens with one attached hydrogen (secondary N) is 2. The van der Waals surface area contributed by atoms with Gasteiger partial charge in [-0.3, -0.25) is 14.4 Å². The van der Waals surface area contributed by atoms with Gasteiger partial charge in [0.25, 0.3) is 21.8 Å². The number of methoxy groups -OCH3 is 1. The van der Waals surface area contributed by atoms with Gasteiger partial charge in [-0.1, -0.05) is 43.2 Å². The van der Waals surface area contributed by atoms with Crippen LogP contribution in [0.5, 0.6) is 5.75 Å². The third-order valence-corrected chi connectivity index (χ3v) is 10.7. The maximum Gasteiger partial charge on any atom is 0.265 e. The maximum atomic E-state index is 13.2. The Balaban J connectivity index is 1.25. The molecule has 3 aromatic carbocycles. The van der Waals surface area contributed by atoms with Gasteiger partial charge in [0.05, 0.1) is 31.8 Å². The molecule has 0 radical (unpaired) electrons. The van der Waals surface area contributed by atoms with Crippen molar-refractivity contribution in [2.45, 2.75) is 50.0 Å². The minimum atomic E-state index is -4.06. The van der Waals surface area contributed by atoms with Crippen LogP contribution in [0.25, 0.3) is 10.9 Å². The third-order valence-electron chi connectivity index (χ3n) is 9.40. The van der Waals surface area contributed by atoms with Crippen molar-refractivity contribution in [2.75, 3.05) is 40.0 Å². The summed E-state index contributed by atoms with van der Waals surface area (Å²) in [6.07, 6.45) is 7.57. The smallest absolute Gasteiger partial charge is 0.265 e. The zero-order valence-corrected chi connectivity index (χ0v) is 28.5. The van der Waals surface area contributed by atoms with Crippen LogP contribution in [-0.2, 0) is 32.5 Å². The first-order valence-electron chi connectivity index (χ1n) is 16.8. The molecule has 4 aromatic rings. The third kappa shape index (κ3) is 8.14. The van der Waals surface area contributed by atoms with Crippen molar-refractivity contribution in [3.8, 4) is 5.75 Å². The number of nitrogens with zero attached hydrogens (tertiary/aromatic N) is 2. The number of morpholine rings is 1. The Labute approximate surface area is 286 Å². The van der Waals surface area contributed by atoms with E-state index in [-0.39, 0.29) is 22.3 Å². The molecule has 1 aliphatic carbocycles. The Morgan fingerprint density at radius 3 is 2.35 bits per heavy atom. The second kappa shape index (κ2) is 15.3. The highest BCUT2D eigenvalue weighted by Crippen LogP contribution is 2.29. The van der Waals surface area contributed by atoms with E-state index in [2.05, 4.69) is 10.0 Å². The summed E-state index contributed by atoms with van der Waals surface area (Å²) in [7, 11) is -2.57. The predicted molar refractivity (Wildman–Crippen MR) is 185 cm³/mol. The first-order valence-corrected chi connectivity index (χ1v) is 18.2. The number of hydrogen-bond donors (Lipinski definition) is 2. The van der Waals surface area contributed by atoms with Crippen molar-refractivity contribution >= 4 is 38.6 Å². The molecule has 2 fully saturated rings. The molecule has 12 heteroatoms. The van der Waals surface area contributed by atoms with Crippen LogP contribution in [0, 0.1) is 5.92 Å². The van der Waals surface area contributed by atoms with Crippen molar-refractivity contribution in [1.82, 2.24) is 19.5 Å². The number of aryl methyl sites for hydroxylation is 1. The summed E-state index contributed by atoms with van der Waals surface area (Å²) in [5, 5.41) is 4.06. The van der Waals surface area contributed by atoms with Gasteiger partial charge in [0.2, 0.25) is 5.91 Å². The zero-order chi connectivity index (χ0) is 34.4. The molecule has 0 spiro atoms. The quantitative estimate of drug-likeness (QED) is 0.224. The molecule has 3 amide bonds. The summed E-state index contributed by atoms with van der Waals surface area (Å²) in [5.41, 5.74) is 3.24. The summed E-state index contributed by atoms with van der Waals surface area (Å²) < 4.78 is 40.7. The largest absolute Gasteiger partial charge is 0.496 e. The van der Waals surface area contributed by atoms with Crippen molar-refractivity contribution in [3.63, 3.8) is 0 Å². The summed E-state index contributed by atoms with van der Waals surface area (Å²) in [4.78, 5) is 41.0. The van der Waals surface area contributed by atoms with E-state index >= 15 is 0 Å². The Hall–Kier alpha value is -4.68. The van der Waals surface area contributed by atoms with Gasteiger partial charge in [0.15, 0.2) is 0 Å². The maximum absolute atomic E-state index is 13.2. The Morgan fingerprint density at radius 1 is 0.898 bits per heavy atom. The lowest BCUT2D eigenvalue weighted by Crippen LogP contribution is -2.40. The fourth-order valence-corrected chi connectivity index (χ4v) is 7.64. The summed E-state index contributed by atoms with van der Waals surface area (Å²) >= 11 is 0. The van der Waals surface area contributed by atoms with Crippen LogP contribution in [0.2, 0.25) is 0 Å². The van der Waals surface area contributed by atoms with Gasteiger partial charge in [0, 0.05) is 59.8 Å². The first kappa shape index (κ1) is 34.2. The van der Waals surface area contributed by atoms with Crippen LogP contribution in [0.4, 0.5) is 0 Å². The number of carbonyl (C=O) groups is 3. The van der Waals surface area contributed by atoms with Crippen molar-refractivity contribution < 1.29 is 32.3 Å². The lowest BCUT2D eigenvalue weighted by atomic mass is 10.1. The first-order chi connectivity index (χ1) is 23.7. The van der Waals surface area contributed by atoms with E-state index < -0.39 is 15.9 Å². The highest BCUT2D eigenvalue weighted by molar-refractivity contribution is 7.90. The molecule has 6 rings (SSSR count). The van der Waals surface area contributed by atoms with Gasteiger partial charge in [-0.25, -0.2) is 13.1 Å². The second-order valence-corrected chi connectivity index (χ2v) is 14.3. The number of rotatable bonds is 12. The topological polar surface area (TPSA) is 136 Å². The second-order valence-electron chi connectivity index (χ2n) is 12.6. The van der Waals surface area contributed by atoms with E-state index in [0.29, 0.717) is 69.5 Å². The number of ether oxygens (including phenoxy) is 2. The molecule has 2 heterocycles. The molecule has 1 aromatic heterocycles. The van der Waals surface area contributed by atoms with Crippen LogP contribution in [0.15, 0.2) is 77.8 Å². The molecule has 11 nitrogen and oxygen atoms in total. The van der Waals surface area contributed by atoms with E-state index in [1.807, 2.05) is 33.9 Å². The van der Waals surface area contributed by atoms with Gasteiger partial charge in [-0.05, 0) is 67.1 Å². The van der Waals surface area contributed by atoms with Gasteiger partial charge in [0.1, 0.15) is 5.75 Å². The summed E-state index contributed by atoms with van der Waals surface area (Å²) in [6.45, 7) is 3.27. The number of aromatic nitrogens is 1. The highest BCUT2D eigenvalue weighted by atomic mass is 32.2. The molecule has 2 N–H and O–H groups in total. The van der Waals surface area contributed by atoms with Gasteiger partial charge >= 0.3 is 0 Å². The van der Waals surface area contributed by atoms with E-state index in [4.69, 9.17) is 9.47 Å². The van der Waals surface area contributed by atoms with E-state index in [0.717, 1.165) is 34.9 Å².